The zero-order chi connectivity index (χ0) is 13.9. The Morgan fingerprint density at radius 3 is 2.20 bits per heavy atom. The first kappa shape index (κ1) is 14.6. The largest absolute Gasteiger partial charge is 0.491 e. The third-order valence-corrected chi connectivity index (χ3v) is 2.93. The standard InChI is InChI=1S/C17H21NO2/c1-3-7-16(8-4-1)15-18-11-12-19-13-14-20-17-9-5-2-6-10-17/h1-10,18H,11-15H2/p+1. The average Bonchev–Trinajstić information content (AvgIpc) is 2.52. The lowest BCUT2D eigenvalue weighted by molar-refractivity contribution is -0.672. The Morgan fingerprint density at radius 2 is 1.45 bits per heavy atom. The summed E-state index contributed by atoms with van der Waals surface area (Å²) in [6, 6.07) is 20.3. The monoisotopic (exact) mass is 272 g/mol. The van der Waals surface area contributed by atoms with Gasteiger partial charge in [-0.15, -0.1) is 0 Å². The zero-order valence-corrected chi connectivity index (χ0v) is 11.7. The quantitative estimate of drug-likeness (QED) is 0.707. The van der Waals surface area contributed by atoms with Crippen LogP contribution >= 0.6 is 0 Å². The maximum absolute atomic E-state index is 5.55. The minimum atomic E-state index is 0.600. The summed E-state index contributed by atoms with van der Waals surface area (Å²) in [5.41, 5.74) is 1.35. The Balaban J connectivity index is 1.44. The number of rotatable bonds is 9. The molecule has 0 spiro atoms. The summed E-state index contributed by atoms with van der Waals surface area (Å²) in [7, 11) is 0. The van der Waals surface area contributed by atoms with E-state index in [1.165, 1.54) is 5.56 Å². The van der Waals surface area contributed by atoms with Crippen LogP contribution in [-0.4, -0.2) is 26.4 Å². The fourth-order valence-electron chi connectivity index (χ4n) is 1.89. The smallest absolute Gasteiger partial charge is 0.119 e. The van der Waals surface area contributed by atoms with E-state index in [1.807, 2.05) is 36.4 Å². The van der Waals surface area contributed by atoms with Crippen molar-refractivity contribution in [2.24, 2.45) is 0 Å². The molecule has 106 valence electrons. The lowest BCUT2D eigenvalue weighted by atomic mass is 10.2. The molecule has 0 bridgehead atoms. The molecule has 0 unspecified atom stereocenters. The molecular weight excluding hydrogens is 250 g/mol. The third-order valence-electron chi connectivity index (χ3n) is 2.93. The second-order valence-corrected chi connectivity index (χ2v) is 4.54. The molecule has 0 atom stereocenters. The van der Waals surface area contributed by atoms with Gasteiger partial charge < -0.3 is 14.8 Å². The summed E-state index contributed by atoms with van der Waals surface area (Å²) >= 11 is 0. The molecule has 0 aromatic heterocycles. The summed E-state index contributed by atoms with van der Waals surface area (Å²) in [6.07, 6.45) is 0. The lowest BCUT2D eigenvalue weighted by Gasteiger charge is -2.06. The second kappa shape index (κ2) is 9.13. The predicted octanol–water partition coefficient (Wildman–Crippen LogP) is 1.85. The Kier molecular flexibility index (Phi) is 6.65. The Hall–Kier alpha value is -1.84. The van der Waals surface area contributed by atoms with Gasteiger partial charge in [0.1, 0.15) is 18.9 Å². The van der Waals surface area contributed by atoms with Crippen LogP contribution in [0.5, 0.6) is 5.75 Å². The second-order valence-electron chi connectivity index (χ2n) is 4.54. The summed E-state index contributed by atoms with van der Waals surface area (Å²) in [4.78, 5) is 0. The van der Waals surface area contributed by atoms with Crippen LogP contribution in [-0.2, 0) is 11.3 Å². The van der Waals surface area contributed by atoms with Crippen LogP contribution in [0, 0.1) is 0 Å². The molecular formula is C17H22NO2+. The summed E-state index contributed by atoms with van der Waals surface area (Å²) in [5.74, 6) is 0.895. The minimum Gasteiger partial charge on any atom is -0.491 e. The van der Waals surface area contributed by atoms with E-state index in [9.17, 15) is 0 Å². The van der Waals surface area contributed by atoms with Gasteiger partial charge in [0.15, 0.2) is 0 Å². The predicted molar refractivity (Wildman–Crippen MR) is 79.7 cm³/mol. The van der Waals surface area contributed by atoms with E-state index in [0.717, 1.165) is 25.4 Å². The van der Waals surface area contributed by atoms with Crippen molar-refractivity contribution in [2.45, 2.75) is 6.54 Å². The van der Waals surface area contributed by atoms with Crippen molar-refractivity contribution in [3.63, 3.8) is 0 Å². The molecule has 0 aliphatic carbocycles. The maximum Gasteiger partial charge on any atom is 0.119 e. The fourth-order valence-corrected chi connectivity index (χ4v) is 1.89. The molecule has 0 aliphatic rings. The van der Waals surface area contributed by atoms with Crippen LogP contribution in [0.2, 0.25) is 0 Å². The normalized spacial score (nSPS) is 10.4. The molecule has 2 rings (SSSR count). The first-order valence-electron chi connectivity index (χ1n) is 7.06. The molecule has 20 heavy (non-hydrogen) atoms. The molecule has 3 heteroatoms. The topological polar surface area (TPSA) is 35.1 Å². The van der Waals surface area contributed by atoms with Crippen LogP contribution in [0.3, 0.4) is 0 Å². The molecule has 3 nitrogen and oxygen atoms in total. The number of hydrogen-bond acceptors (Lipinski definition) is 2. The highest BCUT2D eigenvalue weighted by molar-refractivity contribution is 5.20. The van der Waals surface area contributed by atoms with Gasteiger partial charge in [-0.2, -0.15) is 0 Å². The first-order chi connectivity index (χ1) is 9.95. The van der Waals surface area contributed by atoms with Crippen molar-refractivity contribution >= 4 is 0 Å². The minimum absolute atomic E-state index is 0.600. The van der Waals surface area contributed by atoms with Crippen LogP contribution in [0.4, 0.5) is 0 Å². The fraction of sp³-hybridized carbons (Fsp3) is 0.294. The van der Waals surface area contributed by atoms with E-state index in [1.54, 1.807) is 0 Å². The molecule has 0 saturated carbocycles. The highest BCUT2D eigenvalue weighted by atomic mass is 16.5. The molecule has 2 aromatic carbocycles. The van der Waals surface area contributed by atoms with Gasteiger partial charge >= 0.3 is 0 Å². The van der Waals surface area contributed by atoms with Gasteiger partial charge in [0.05, 0.1) is 19.8 Å². The van der Waals surface area contributed by atoms with Gasteiger partial charge in [-0.3, -0.25) is 0 Å². The van der Waals surface area contributed by atoms with Gasteiger partial charge in [0.25, 0.3) is 0 Å². The number of para-hydroxylation sites is 1. The Morgan fingerprint density at radius 1 is 0.750 bits per heavy atom. The molecule has 0 aliphatic heterocycles. The molecule has 2 aromatic rings. The third kappa shape index (κ3) is 5.87. The van der Waals surface area contributed by atoms with Crippen molar-refractivity contribution < 1.29 is 14.8 Å². The first-order valence-corrected chi connectivity index (χ1v) is 7.06. The van der Waals surface area contributed by atoms with E-state index in [0.29, 0.717) is 13.2 Å². The van der Waals surface area contributed by atoms with E-state index in [-0.39, 0.29) is 0 Å². The molecule has 0 fully saturated rings. The van der Waals surface area contributed by atoms with Crippen LogP contribution in [0.1, 0.15) is 5.56 Å². The lowest BCUT2D eigenvalue weighted by Crippen LogP contribution is -2.83. The number of ether oxygens (including phenoxy) is 2. The van der Waals surface area contributed by atoms with E-state index in [4.69, 9.17) is 9.47 Å². The molecule has 0 amide bonds. The molecule has 0 saturated heterocycles. The number of hydrogen-bond donors (Lipinski definition) is 1. The van der Waals surface area contributed by atoms with Crippen molar-refractivity contribution in [1.29, 1.82) is 0 Å². The maximum atomic E-state index is 5.55. The van der Waals surface area contributed by atoms with Gasteiger partial charge in [0.2, 0.25) is 0 Å². The average molecular weight is 272 g/mol. The highest BCUT2D eigenvalue weighted by Crippen LogP contribution is 2.07. The molecule has 0 heterocycles. The Labute approximate surface area is 120 Å². The number of nitrogens with two attached hydrogens (primary N) is 1. The number of quaternary nitrogens is 1. The van der Waals surface area contributed by atoms with Gasteiger partial charge in [0, 0.05) is 5.56 Å². The summed E-state index contributed by atoms with van der Waals surface area (Å²) in [5, 5.41) is 2.26. The van der Waals surface area contributed by atoms with E-state index >= 15 is 0 Å². The van der Waals surface area contributed by atoms with Crippen molar-refractivity contribution in [2.75, 3.05) is 26.4 Å². The van der Waals surface area contributed by atoms with Crippen molar-refractivity contribution in [1.82, 2.24) is 0 Å². The molecule has 2 N–H and O–H groups in total. The van der Waals surface area contributed by atoms with Crippen LogP contribution < -0.4 is 10.1 Å². The van der Waals surface area contributed by atoms with Crippen molar-refractivity contribution in [3.8, 4) is 5.75 Å². The van der Waals surface area contributed by atoms with Gasteiger partial charge in [-0.25, -0.2) is 0 Å². The van der Waals surface area contributed by atoms with E-state index < -0.39 is 0 Å². The summed E-state index contributed by atoms with van der Waals surface area (Å²) in [6.45, 7) is 3.96. The zero-order valence-electron chi connectivity index (χ0n) is 11.7. The highest BCUT2D eigenvalue weighted by Gasteiger charge is 1.95. The molecule has 0 radical (unpaired) electrons. The number of benzene rings is 2. The van der Waals surface area contributed by atoms with E-state index in [2.05, 4.69) is 29.6 Å². The van der Waals surface area contributed by atoms with Crippen LogP contribution in [0.25, 0.3) is 0 Å². The van der Waals surface area contributed by atoms with Gasteiger partial charge in [-0.05, 0) is 12.1 Å². The SMILES string of the molecule is c1ccc(C[NH2+]CCOCCOc2ccccc2)cc1. The summed E-state index contributed by atoms with van der Waals surface area (Å²) < 4.78 is 11.1. The van der Waals surface area contributed by atoms with Crippen molar-refractivity contribution in [3.05, 3.63) is 66.2 Å². The van der Waals surface area contributed by atoms with Crippen LogP contribution in [0.15, 0.2) is 60.7 Å². The Bertz CT molecular complexity index is 413. The van der Waals surface area contributed by atoms with Gasteiger partial charge in [-0.1, -0.05) is 48.5 Å².